The van der Waals surface area contributed by atoms with Crippen molar-refractivity contribution in [1.82, 2.24) is 15.5 Å². The molecule has 4 heteroatoms. The van der Waals surface area contributed by atoms with Gasteiger partial charge in [-0.15, -0.1) is 0 Å². The van der Waals surface area contributed by atoms with Crippen LogP contribution in [0.25, 0.3) is 0 Å². The quantitative estimate of drug-likeness (QED) is 0.579. The maximum Gasteiger partial charge on any atom is 0.191 e. The van der Waals surface area contributed by atoms with E-state index in [0.717, 1.165) is 12.5 Å². The van der Waals surface area contributed by atoms with Gasteiger partial charge in [0.2, 0.25) is 0 Å². The maximum atomic E-state index is 4.26. The molecule has 0 saturated carbocycles. The van der Waals surface area contributed by atoms with Crippen molar-refractivity contribution in [2.75, 3.05) is 26.7 Å². The molecule has 18 heavy (non-hydrogen) atoms. The number of aliphatic imine (C=N–C) groups is 1. The molecule has 0 radical (unpaired) electrons. The Balaban J connectivity index is 2.46. The van der Waals surface area contributed by atoms with Crippen LogP contribution < -0.4 is 10.6 Å². The van der Waals surface area contributed by atoms with Gasteiger partial charge in [0, 0.05) is 25.7 Å². The first-order chi connectivity index (χ1) is 8.54. The zero-order valence-electron chi connectivity index (χ0n) is 12.7. The standard InChI is InChI=1S/C14H30N4/c1-11(2)13(18-8-6-7-9-18)10-16-14(15-5)17-12(3)4/h11-13H,6-10H2,1-5H3,(H2,15,16,17). The molecule has 0 aromatic rings. The van der Waals surface area contributed by atoms with Gasteiger partial charge in [0.05, 0.1) is 0 Å². The van der Waals surface area contributed by atoms with Crippen LogP contribution in [0.4, 0.5) is 0 Å². The van der Waals surface area contributed by atoms with Crippen molar-refractivity contribution in [2.45, 2.75) is 52.6 Å². The Morgan fingerprint density at radius 2 is 1.78 bits per heavy atom. The molecule has 0 aromatic heterocycles. The maximum absolute atomic E-state index is 4.26. The van der Waals surface area contributed by atoms with Gasteiger partial charge >= 0.3 is 0 Å². The summed E-state index contributed by atoms with van der Waals surface area (Å²) >= 11 is 0. The lowest BCUT2D eigenvalue weighted by molar-refractivity contribution is 0.192. The summed E-state index contributed by atoms with van der Waals surface area (Å²) < 4.78 is 0. The molecule has 1 saturated heterocycles. The first kappa shape index (κ1) is 15.3. The van der Waals surface area contributed by atoms with Gasteiger partial charge in [-0.25, -0.2) is 0 Å². The van der Waals surface area contributed by atoms with Crippen molar-refractivity contribution in [3.63, 3.8) is 0 Å². The fourth-order valence-electron chi connectivity index (χ4n) is 2.53. The van der Waals surface area contributed by atoms with Crippen LogP contribution in [0.15, 0.2) is 4.99 Å². The van der Waals surface area contributed by atoms with Crippen LogP contribution in [-0.4, -0.2) is 49.6 Å². The van der Waals surface area contributed by atoms with Gasteiger partial charge in [-0.1, -0.05) is 13.8 Å². The van der Waals surface area contributed by atoms with Crippen LogP contribution in [0, 0.1) is 5.92 Å². The molecule has 1 unspecified atom stereocenters. The van der Waals surface area contributed by atoms with Crippen molar-refractivity contribution in [3.8, 4) is 0 Å². The lowest BCUT2D eigenvalue weighted by Crippen LogP contribution is -2.49. The van der Waals surface area contributed by atoms with Gasteiger partial charge in [0.1, 0.15) is 0 Å². The third-order valence-corrected chi connectivity index (χ3v) is 3.51. The molecule has 2 N–H and O–H groups in total. The van der Waals surface area contributed by atoms with Crippen LogP contribution in [0.2, 0.25) is 0 Å². The number of guanidine groups is 1. The predicted molar refractivity (Wildman–Crippen MR) is 79.1 cm³/mol. The smallest absolute Gasteiger partial charge is 0.191 e. The van der Waals surface area contributed by atoms with E-state index in [9.17, 15) is 0 Å². The van der Waals surface area contributed by atoms with E-state index in [1.54, 1.807) is 0 Å². The van der Waals surface area contributed by atoms with Gasteiger partial charge in [-0.3, -0.25) is 9.89 Å². The van der Waals surface area contributed by atoms with Crippen molar-refractivity contribution >= 4 is 5.96 Å². The van der Waals surface area contributed by atoms with Gasteiger partial charge in [-0.2, -0.15) is 0 Å². The van der Waals surface area contributed by atoms with Crippen molar-refractivity contribution in [3.05, 3.63) is 0 Å². The van der Waals surface area contributed by atoms with Crippen molar-refractivity contribution in [2.24, 2.45) is 10.9 Å². The molecule has 1 atom stereocenters. The molecule has 1 fully saturated rings. The summed E-state index contributed by atoms with van der Waals surface area (Å²) in [6, 6.07) is 1.03. The second-order valence-electron chi connectivity index (χ2n) is 5.81. The first-order valence-electron chi connectivity index (χ1n) is 7.25. The zero-order chi connectivity index (χ0) is 13.5. The van der Waals surface area contributed by atoms with Crippen LogP contribution in [0.3, 0.4) is 0 Å². The highest BCUT2D eigenvalue weighted by Crippen LogP contribution is 2.16. The Kier molecular flexibility index (Phi) is 6.47. The molecule has 1 heterocycles. The number of likely N-dealkylation sites (tertiary alicyclic amines) is 1. The van der Waals surface area contributed by atoms with Crippen molar-refractivity contribution < 1.29 is 0 Å². The molecular weight excluding hydrogens is 224 g/mol. The van der Waals surface area contributed by atoms with Crippen LogP contribution in [0.5, 0.6) is 0 Å². The molecule has 0 amide bonds. The molecule has 1 aliphatic rings. The minimum atomic E-state index is 0.417. The van der Waals surface area contributed by atoms with E-state index in [-0.39, 0.29) is 0 Å². The van der Waals surface area contributed by atoms with E-state index in [2.05, 4.69) is 48.2 Å². The van der Waals surface area contributed by atoms with Gasteiger partial charge < -0.3 is 10.6 Å². The number of nitrogens with one attached hydrogen (secondary N) is 2. The van der Waals surface area contributed by atoms with E-state index in [1.807, 2.05) is 7.05 Å². The van der Waals surface area contributed by atoms with E-state index in [1.165, 1.54) is 25.9 Å². The van der Waals surface area contributed by atoms with Gasteiger partial charge in [0.25, 0.3) is 0 Å². The molecule has 0 aliphatic carbocycles. The molecule has 1 rings (SSSR count). The second-order valence-corrected chi connectivity index (χ2v) is 5.81. The zero-order valence-corrected chi connectivity index (χ0v) is 12.7. The largest absolute Gasteiger partial charge is 0.355 e. The van der Waals surface area contributed by atoms with Crippen molar-refractivity contribution in [1.29, 1.82) is 0 Å². The average molecular weight is 254 g/mol. The fraction of sp³-hybridized carbons (Fsp3) is 0.929. The number of hydrogen-bond donors (Lipinski definition) is 2. The molecule has 0 aromatic carbocycles. The van der Waals surface area contributed by atoms with E-state index >= 15 is 0 Å². The van der Waals surface area contributed by atoms with E-state index in [4.69, 9.17) is 0 Å². The van der Waals surface area contributed by atoms with Crippen LogP contribution in [-0.2, 0) is 0 Å². The number of hydrogen-bond acceptors (Lipinski definition) is 2. The first-order valence-corrected chi connectivity index (χ1v) is 7.25. The SMILES string of the molecule is CN=C(NCC(C(C)C)N1CCCC1)NC(C)C. The Hall–Kier alpha value is -0.770. The summed E-state index contributed by atoms with van der Waals surface area (Å²) in [6.45, 7) is 12.4. The predicted octanol–water partition coefficient (Wildman–Crippen LogP) is 1.68. The fourth-order valence-corrected chi connectivity index (χ4v) is 2.53. The highest BCUT2D eigenvalue weighted by molar-refractivity contribution is 5.79. The Bertz CT molecular complexity index is 255. The van der Waals surface area contributed by atoms with Crippen LogP contribution in [0.1, 0.15) is 40.5 Å². The molecule has 106 valence electrons. The van der Waals surface area contributed by atoms with Gasteiger partial charge in [0.15, 0.2) is 5.96 Å². The molecule has 0 bridgehead atoms. The van der Waals surface area contributed by atoms with Crippen LogP contribution >= 0.6 is 0 Å². The topological polar surface area (TPSA) is 39.7 Å². The summed E-state index contributed by atoms with van der Waals surface area (Å²) in [4.78, 5) is 6.87. The minimum Gasteiger partial charge on any atom is -0.355 e. The number of nitrogens with zero attached hydrogens (tertiary/aromatic N) is 2. The number of rotatable bonds is 5. The van der Waals surface area contributed by atoms with E-state index in [0.29, 0.717) is 18.0 Å². The van der Waals surface area contributed by atoms with Gasteiger partial charge in [-0.05, 0) is 45.7 Å². The highest BCUT2D eigenvalue weighted by Gasteiger charge is 2.24. The highest BCUT2D eigenvalue weighted by atomic mass is 15.2. The normalized spacial score (nSPS) is 19.6. The molecule has 1 aliphatic heterocycles. The Labute approximate surface area is 112 Å². The summed E-state index contributed by atoms with van der Waals surface area (Å²) in [5.41, 5.74) is 0. The lowest BCUT2D eigenvalue weighted by Gasteiger charge is -2.31. The minimum absolute atomic E-state index is 0.417. The third-order valence-electron chi connectivity index (χ3n) is 3.51. The molecular formula is C14H30N4. The third kappa shape index (κ3) is 4.84. The monoisotopic (exact) mass is 254 g/mol. The summed E-state index contributed by atoms with van der Waals surface area (Å²) in [5.74, 6) is 1.59. The summed E-state index contributed by atoms with van der Waals surface area (Å²) in [5, 5.41) is 6.79. The Morgan fingerprint density at radius 1 is 1.17 bits per heavy atom. The molecule has 4 nitrogen and oxygen atoms in total. The second kappa shape index (κ2) is 7.62. The summed E-state index contributed by atoms with van der Waals surface area (Å²) in [7, 11) is 1.83. The van der Waals surface area contributed by atoms with E-state index < -0.39 is 0 Å². The average Bonchev–Trinajstić information content (AvgIpc) is 2.80. The lowest BCUT2D eigenvalue weighted by atomic mass is 10.0. The molecule has 0 spiro atoms. The Morgan fingerprint density at radius 3 is 2.22 bits per heavy atom. The summed E-state index contributed by atoms with van der Waals surface area (Å²) in [6.07, 6.45) is 2.70.